The average molecular weight is 138 g/mol. The lowest BCUT2D eigenvalue weighted by atomic mass is 10.2. The molecular formula is C8H8O2. The van der Waals surface area contributed by atoms with Gasteiger partial charge in [0.05, 0.1) is 0 Å². The fourth-order valence-electron chi connectivity index (χ4n) is 0.773. The molecular weight excluding hydrogens is 130 g/mol. The number of aldehydes is 1. The zero-order valence-electron chi connectivity index (χ0n) is 5.45. The molecule has 1 rings (SSSR count). The maximum Gasteiger partial charge on any atom is 0.124 e. The fourth-order valence-corrected chi connectivity index (χ4v) is 0.773. The quantitative estimate of drug-likeness (QED) is 0.622. The van der Waals surface area contributed by atoms with Crippen LogP contribution in [0.4, 0.5) is 0 Å². The molecule has 52 valence electrons. The second-order valence-corrected chi connectivity index (χ2v) is 2.00. The third-order valence-electron chi connectivity index (χ3n) is 1.29. The van der Waals surface area contributed by atoms with E-state index in [-0.39, 0.29) is 12.2 Å². The number of benzene rings is 1. The minimum absolute atomic E-state index is 0.189. The molecule has 0 spiro atoms. The van der Waals surface area contributed by atoms with Gasteiger partial charge in [0.15, 0.2) is 0 Å². The number of hydrogen-bond donors (Lipinski definition) is 1. The Kier molecular flexibility index (Phi) is 2.05. The van der Waals surface area contributed by atoms with E-state index in [2.05, 4.69) is 0 Å². The van der Waals surface area contributed by atoms with Crippen LogP contribution in [0.15, 0.2) is 24.3 Å². The Morgan fingerprint density at radius 1 is 1.40 bits per heavy atom. The van der Waals surface area contributed by atoms with E-state index in [4.69, 9.17) is 5.11 Å². The molecule has 0 aliphatic rings. The van der Waals surface area contributed by atoms with Crippen molar-refractivity contribution in [3.05, 3.63) is 29.8 Å². The van der Waals surface area contributed by atoms with Crippen LogP contribution in [-0.4, -0.2) is 11.4 Å². The van der Waals surface area contributed by atoms with E-state index in [1.165, 1.54) is 0 Å². The number of aromatic hydroxyl groups is 1. The van der Waals surface area contributed by atoms with Crippen molar-refractivity contribution < 1.29 is 9.90 Å². The number of phenols is 1. The van der Waals surface area contributed by atoms with Crippen molar-refractivity contribution in [2.45, 2.75) is 6.42 Å². The van der Waals surface area contributed by atoms with Crippen molar-refractivity contribution in [3.63, 3.8) is 0 Å². The van der Waals surface area contributed by atoms with E-state index in [9.17, 15) is 4.79 Å². The molecule has 1 N–H and O–H groups in total. The smallest absolute Gasteiger partial charge is 0.124 e. The Balaban J connectivity index is 2.91. The second kappa shape index (κ2) is 3.01. The Morgan fingerprint density at radius 3 is 2.70 bits per heavy atom. The predicted molar refractivity (Wildman–Crippen MR) is 37.9 cm³/mol. The van der Waals surface area contributed by atoms with E-state index in [1.54, 1.807) is 24.3 Å². The van der Waals surface area contributed by atoms with Crippen LogP contribution in [0, 0.1) is 0 Å². The number of para-hydroxylation sites is 1. The van der Waals surface area contributed by atoms with Gasteiger partial charge in [-0.2, -0.15) is 0 Å². The summed E-state index contributed by atoms with van der Waals surface area (Å²) in [7, 11) is 0. The summed E-state index contributed by atoms with van der Waals surface area (Å²) in [6.45, 7) is 0. The van der Waals surface area contributed by atoms with Crippen LogP contribution in [0.2, 0.25) is 0 Å². The highest BCUT2D eigenvalue weighted by atomic mass is 16.3. The Labute approximate surface area is 59.1 Å². The van der Waals surface area contributed by atoms with E-state index in [0.717, 1.165) is 6.29 Å². The van der Waals surface area contributed by atoms with Crippen LogP contribution >= 0.6 is 0 Å². The fraction of sp³-hybridized carbons (Fsp3) is 0.125. The third kappa shape index (κ3) is 1.35. The zero-order chi connectivity index (χ0) is 7.40. The molecule has 0 aliphatic carbocycles. The Bertz CT molecular complexity index is 230. The van der Waals surface area contributed by atoms with Gasteiger partial charge in [0.1, 0.15) is 12.0 Å². The van der Waals surface area contributed by atoms with Crippen molar-refractivity contribution in [2.75, 3.05) is 0 Å². The van der Waals surface area contributed by atoms with Gasteiger partial charge in [-0.3, -0.25) is 0 Å². The minimum atomic E-state index is 0.189. The van der Waals surface area contributed by atoms with Crippen LogP contribution < -0.4 is 0 Å². The van der Waals surface area contributed by atoms with Crippen molar-refractivity contribution in [1.82, 2.24) is 0 Å². The van der Waals surface area contributed by atoms with Gasteiger partial charge in [0.25, 0.3) is 0 Å². The molecule has 10 heavy (non-hydrogen) atoms. The number of carbonyl (C=O) groups is 1. The molecule has 0 saturated carbocycles. The van der Waals surface area contributed by atoms with E-state index in [0.29, 0.717) is 5.56 Å². The van der Waals surface area contributed by atoms with Crippen LogP contribution in [0.1, 0.15) is 5.56 Å². The molecule has 1 aromatic carbocycles. The molecule has 2 nitrogen and oxygen atoms in total. The first kappa shape index (κ1) is 6.81. The summed E-state index contributed by atoms with van der Waals surface area (Å²) < 4.78 is 0. The van der Waals surface area contributed by atoms with Gasteiger partial charge < -0.3 is 9.90 Å². The topological polar surface area (TPSA) is 37.3 Å². The molecule has 0 saturated heterocycles. The highest BCUT2D eigenvalue weighted by Gasteiger charge is 1.95. The highest BCUT2D eigenvalue weighted by Crippen LogP contribution is 2.14. The SMILES string of the molecule is O=[14CH]Cc1ccccc1O. The third-order valence-corrected chi connectivity index (χ3v) is 1.29. The standard InChI is InChI=1S/C8H8O2/c9-6-5-7-3-1-2-4-8(7)10/h1-4,6,10H,5H2/i6+2. The molecule has 0 atom stereocenters. The predicted octanol–water partition coefficient (Wildman–Crippen LogP) is 1.13. The summed E-state index contributed by atoms with van der Waals surface area (Å²) >= 11 is 0. The lowest BCUT2D eigenvalue weighted by Gasteiger charge is -1.96. The Hall–Kier alpha value is -1.31. The van der Waals surface area contributed by atoms with Gasteiger partial charge in [0.2, 0.25) is 0 Å². The highest BCUT2D eigenvalue weighted by molar-refractivity contribution is 5.57. The molecule has 0 radical (unpaired) electrons. The summed E-state index contributed by atoms with van der Waals surface area (Å²) in [4.78, 5) is 10.0. The molecule has 1 aromatic rings. The van der Waals surface area contributed by atoms with Crippen molar-refractivity contribution >= 4 is 6.29 Å². The molecule has 0 amide bonds. The zero-order valence-corrected chi connectivity index (χ0v) is 5.45. The van der Waals surface area contributed by atoms with Crippen LogP contribution in [0.5, 0.6) is 5.75 Å². The monoisotopic (exact) mass is 138 g/mol. The summed E-state index contributed by atoms with van der Waals surface area (Å²) in [6, 6.07) is 6.81. The van der Waals surface area contributed by atoms with Gasteiger partial charge in [-0.1, -0.05) is 18.2 Å². The number of phenolic OH excluding ortho intramolecular Hbond substituents is 1. The molecule has 0 unspecified atom stereocenters. The van der Waals surface area contributed by atoms with E-state index < -0.39 is 0 Å². The minimum Gasteiger partial charge on any atom is -0.508 e. The van der Waals surface area contributed by atoms with E-state index in [1.807, 2.05) is 0 Å². The van der Waals surface area contributed by atoms with Crippen LogP contribution in [0.3, 0.4) is 0 Å². The summed E-state index contributed by atoms with van der Waals surface area (Å²) in [5.41, 5.74) is 0.678. The maximum atomic E-state index is 10.0. The molecule has 0 heterocycles. The Morgan fingerprint density at radius 2 is 2.10 bits per heavy atom. The van der Waals surface area contributed by atoms with Crippen LogP contribution in [-0.2, 0) is 11.2 Å². The number of hydrogen-bond acceptors (Lipinski definition) is 2. The van der Waals surface area contributed by atoms with Crippen molar-refractivity contribution in [3.8, 4) is 5.75 Å². The molecule has 0 bridgehead atoms. The molecule has 0 aliphatic heterocycles. The molecule has 0 aromatic heterocycles. The first-order valence-corrected chi connectivity index (χ1v) is 3.05. The van der Waals surface area contributed by atoms with Crippen molar-refractivity contribution in [1.29, 1.82) is 0 Å². The van der Waals surface area contributed by atoms with Crippen LogP contribution in [0.25, 0.3) is 0 Å². The van der Waals surface area contributed by atoms with Gasteiger partial charge in [-0.25, -0.2) is 0 Å². The number of carbonyl (C=O) groups excluding carboxylic acids is 1. The van der Waals surface area contributed by atoms with Gasteiger partial charge in [-0.05, 0) is 6.07 Å². The largest absolute Gasteiger partial charge is 0.508 e. The molecule has 0 fully saturated rings. The lowest BCUT2D eigenvalue weighted by molar-refractivity contribution is -0.107. The first-order chi connectivity index (χ1) is 4.84. The van der Waals surface area contributed by atoms with E-state index >= 15 is 0 Å². The van der Waals surface area contributed by atoms with Gasteiger partial charge >= 0.3 is 0 Å². The molecule has 2 heteroatoms. The summed E-state index contributed by atoms with van der Waals surface area (Å²) in [6.07, 6.45) is 1.06. The summed E-state index contributed by atoms with van der Waals surface area (Å²) in [5, 5.41) is 9.08. The second-order valence-electron chi connectivity index (χ2n) is 2.00. The number of rotatable bonds is 2. The maximum absolute atomic E-state index is 10.0. The first-order valence-electron chi connectivity index (χ1n) is 3.05. The van der Waals surface area contributed by atoms with Crippen molar-refractivity contribution in [2.24, 2.45) is 0 Å². The summed E-state index contributed by atoms with van der Waals surface area (Å²) in [5.74, 6) is 0.189. The lowest BCUT2D eigenvalue weighted by Crippen LogP contribution is -1.84. The average Bonchev–Trinajstić information content (AvgIpc) is 1.94. The van der Waals surface area contributed by atoms with Gasteiger partial charge in [-0.15, -0.1) is 0 Å². The normalized spacial score (nSPS) is 9.20. The van der Waals surface area contributed by atoms with Gasteiger partial charge in [0, 0.05) is 12.0 Å².